The van der Waals surface area contributed by atoms with Gasteiger partial charge in [0, 0.05) is 11.8 Å². The van der Waals surface area contributed by atoms with Crippen molar-refractivity contribution in [1.29, 1.82) is 0 Å². The van der Waals surface area contributed by atoms with Crippen molar-refractivity contribution < 1.29 is 4.79 Å². The highest BCUT2D eigenvalue weighted by molar-refractivity contribution is 7.15. The van der Waals surface area contributed by atoms with E-state index in [4.69, 9.17) is 11.6 Å². The Hall–Kier alpha value is -2.00. The second-order valence-corrected chi connectivity index (χ2v) is 8.67. The minimum atomic E-state index is -0.123. The van der Waals surface area contributed by atoms with Gasteiger partial charge in [-0.25, -0.2) is 0 Å². The highest BCUT2D eigenvalue weighted by Crippen LogP contribution is 2.44. The molecule has 2 aromatic rings. The van der Waals surface area contributed by atoms with E-state index in [2.05, 4.69) is 27.0 Å². The minimum Gasteiger partial charge on any atom is -0.325 e. The first kappa shape index (κ1) is 19.3. The van der Waals surface area contributed by atoms with Gasteiger partial charge in [0.1, 0.15) is 4.34 Å². The molecule has 1 aromatic heterocycles. The molecule has 3 heterocycles. The summed E-state index contributed by atoms with van der Waals surface area (Å²) in [6.07, 6.45) is 6.03. The number of anilines is 3. The zero-order valence-electron chi connectivity index (χ0n) is 15.8. The van der Waals surface area contributed by atoms with Gasteiger partial charge in [0.15, 0.2) is 0 Å². The molecule has 4 nitrogen and oxygen atoms in total. The Morgan fingerprint density at radius 1 is 1.14 bits per heavy atom. The van der Waals surface area contributed by atoms with Crippen molar-refractivity contribution in [2.24, 2.45) is 0 Å². The molecule has 0 saturated carbocycles. The number of piperidine rings is 1. The SMILES string of the molecule is O=C1Nc2ccccc2N(CC#CCCCN2CCCCC2)c2c1csc2Cl. The number of carbonyl (C=O) groups is 1. The van der Waals surface area contributed by atoms with Gasteiger partial charge in [-0.15, -0.1) is 17.3 Å². The number of fused-ring (bicyclic) bond motifs is 2. The average molecular weight is 414 g/mol. The van der Waals surface area contributed by atoms with E-state index in [0.717, 1.165) is 36.4 Å². The van der Waals surface area contributed by atoms with Gasteiger partial charge in [0.05, 0.1) is 29.2 Å². The van der Waals surface area contributed by atoms with Crippen molar-refractivity contribution in [1.82, 2.24) is 4.90 Å². The van der Waals surface area contributed by atoms with Gasteiger partial charge in [-0.3, -0.25) is 4.79 Å². The van der Waals surface area contributed by atoms with E-state index in [0.29, 0.717) is 16.4 Å². The second-order valence-electron chi connectivity index (χ2n) is 7.19. The van der Waals surface area contributed by atoms with Crippen molar-refractivity contribution in [3.8, 4) is 11.8 Å². The number of rotatable bonds is 4. The highest BCUT2D eigenvalue weighted by atomic mass is 35.5. The summed E-state index contributed by atoms with van der Waals surface area (Å²) < 4.78 is 0.619. The number of halogens is 1. The molecule has 0 atom stereocenters. The number of likely N-dealkylation sites (tertiary alicyclic amines) is 1. The fourth-order valence-electron chi connectivity index (χ4n) is 3.83. The molecule has 4 rings (SSSR count). The smallest absolute Gasteiger partial charge is 0.258 e. The van der Waals surface area contributed by atoms with Crippen LogP contribution in [0.3, 0.4) is 0 Å². The Kier molecular flexibility index (Phi) is 6.21. The molecule has 0 spiro atoms. The maximum atomic E-state index is 12.6. The molecule has 0 unspecified atom stereocenters. The van der Waals surface area contributed by atoms with Gasteiger partial charge in [-0.1, -0.05) is 36.1 Å². The van der Waals surface area contributed by atoms with Crippen LogP contribution in [0.25, 0.3) is 0 Å². The third kappa shape index (κ3) is 4.20. The number of carbonyl (C=O) groups excluding carboxylic acids is 1. The molecule has 1 amide bonds. The van der Waals surface area contributed by atoms with E-state index in [1.54, 1.807) is 0 Å². The molecule has 6 heteroatoms. The third-order valence-corrected chi connectivity index (χ3v) is 6.47. The van der Waals surface area contributed by atoms with Crippen LogP contribution in [-0.2, 0) is 0 Å². The van der Waals surface area contributed by atoms with E-state index in [9.17, 15) is 4.79 Å². The van der Waals surface area contributed by atoms with Gasteiger partial charge in [0.25, 0.3) is 5.91 Å². The number of hydrogen-bond acceptors (Lipinski definition) is 4. The van der Waals surface area contributed by atoms with E-state index < -0.39 is 0 Å². The molecule has 0 bridgehead atoms. The number of thiophene rings is 1. The topological polar surface area (TPSA) is 35.6 Å². The van der Waals surface area contributed by atoms with Crippen LogP contribution >= 0.6 is 22.9 Å². The molecule has 146 valence electrons. The van der Waals surface area contributed by atoms with Crippen LogP contribution in [0.15, 0.2) is 29.6 Å². The van der Waals surface area contributed by atoms with Gasteiger partial charge in [0.2, 0.25) is 0 Å². The van der Waals surface area contributed by atoms with Crippen molar-refractivity contribution in [3.63, 3.8) is 0 Å². The van der Waals surface area contributed by atoms with E-state index in [1.807, 2.05) is 29.6 Å². The lowest BCUT2D eigenvalue weighted by atomic mass is 10.1. The predicted molar refractivity (Wildman–Crippen MR) is 118 cm³/mol. The molecule has 2 aliphatic rings. The van der Waals surface area contributed by atoms with Crippen LogP contribution in [0, 0.1) is 11.8 Å². The summed E-state index contributed by atoms with van der Waals surface area (Å²) in [5.74, 6) is 6.49. The Morgan fingerprint density at radius 3 is 2.82 bits per heavy atom. The first-order chi connectivity index (χ1) is 13.7. The molecule has 1 fully saturated rings. The fourth-order valence-corrected chi connectivity index (χ4v) is 4.94. The fraction of sp³-hybridized carbons (Fsp3) is 0.409. The number of hydrogen-bond donors (Lipinski definition) is 1. The van der Waals surface area contributed by atoms with Crippen molar-refractivity contribution in [2.45, 2.75) is 32.1 Å². The van der Waals surface area contributed by atoms with Gasteiger partial charge in [-0.05, 0) is 51.0 Å². The number of benzene rings is 1. The molecule has 0 aliphatic carbocycles. The lowest BCUT2D eigenvalue weighted by Crippen LogP contribution is -2.30. The number of para-hydroxylation sites is 2. The van der Waals surface area contributed by atoms with Crippen LogP contribution in [-0.4, -0.2) is 37.0 Å². The van der Waals surface area contributed by atoms with Crippen LogP contribution in [0.4, 0.5) is 17.1 Å². The maximum absolute atomic E-state index is 12.6. The number of unbranched alkanes of at least 4 members (excludes halogenated alkanes) is 1. The summed E-state index contributed by atoms with van der Waals surface area (Å²) in [6.45, 7) is 4.12. The predicted octanol–water partition coefficient (Wildman–Crippen LogP) is 5.37. The van der Waals surface area contributed by atoms with Crippen molar-refractivity contribution >= 4 is 45.9 Å². The van der Waals surface area contributed by atoms with Crippen LogP contribution < -0.4 is 10.2 Å². The quantitative estimate of drug-likeness (QED) is 0.540. The van der Waals surface area contributed by atoms with Crippen LogP contribution in [0.5, 0.6) is 0 Å². The summed E-state index contributed by atoms with van der Waals surface area (Å²) in [5.41, 5.74) is 3.09. The van der Waals surface area contributed by atoms with E-state index >= 15 is 0 Å². The Bertz CT molecular complexity index is 908. The monoisotopic (exact) mass is 413 g/mol. The molecule has 1 N–H and O–H groups in total. The molecular formula is C22H24ClN3OS. The van der Waals surface area contributed by atoms with Crippen LogP contribution in [0.1, 0.15) is 42.5 Å². The summed E-state index contributed by atoms with van der Waals surface area (Å²) in [4.78, 5) is 17.2. The third-order valence-electron chi connectivity index (χ3n) is 5.27. The first-order valence-corrected chi connectivity index (χ1v) is 11.1. The van der Waals surface area contributed by atoms with Crippen molar-refractivity contribution in [3.05, 3.63) is 39.5 Å². The normalized spacial score (nSPS) is 16.5. The van der Waals surface area contributed by atoms with Gasteiger partial charge in [-0.2, -0.15) is 0 Å². The zero-order chi connectivity index (χ0) is 19.3. The molecule has 0 radical (unpaired) electrons. The Labute approximate surface area is 175 Å². The first-order valence-electron chi connectivity index (χ1n) is 9.87. The number of nitrogens with zero attached hydrogens (tertiary/aromatic N) is 2. The largest absolute Gasteiger partial charge is 0.325 e. The van der Waals surface area contributed by atoms with Gasteiger partial charge >= 0.3 is 0 Å². The summed E-state index contributed by atoms with van der Waals surface area (Å²) in [7, 11) is 0. The van der Waals surface area contributed by atoms with Crippen LogP contribution in [0.2, 0.25) is 4.34 Å². The zero-order valence-corrected chi connectivity index (χ0v) is 17.4. The Balaban J connectivity index is 1.46. The van der Waals surface area contributed by atoms with Crippen molar-refractivity contribution in [2.75, 3.05) is 36.4 Å². The molecule has 28 heavy (non-hydrogen) atoms. The number of nitrogens with one attached hydrogen (secondary N) is 1. The molecule has 2 aliphatic heterocycles. The average Bonchev–Trinajstić information content (AvgIpc) is 3.05. The van der Waals surface area contributed by atoms with Gasteiger partial charge < -0.3 is 15.1 Å². The maximum Gasteiger partial charge on any atom is 0.258 e. The standard InChI is InChI=1S/C22H24ClN3OS/c23-21-20-17(16-28-21)22(27)24-18-10-4-5-11-19(18)26(20)15-9-2-1-6-12-25-13-7-3-8-14-25/h4-5,10-11,16H,1,3,6-8,12-15H2,(H,24,27). The van der Waals surface area contributed by atoms with E-state index in [-0.39, 0.29) is 5.91 Å². The highest BCUT2D eigenvalue weighted by Gasteiger charge is 2.28. The summed E-state index contributed by atoms with van der Waals surface area (Å²) >= 11 is 7.83. The van der Waals surface area contributed by atoms with E-state index in [1.165, 1.54) is 43.7 Å². The molecule has 1 saturated heterocycles. The Morgan fingerprint density at radius 2 is 1.96 bits per heavy atom. The summed E-state index contributed by atoms with van der Waals surface area (Å²) in [6, 6.07) is 7.80. The molecule has 1 aromatic carbocycles. The lowest BCUT2D eigenvalue weighted by molar-refractivity contribution is 0.102. The minimum absolute atomic E-state index is 0.123. The lowest BCUT2D eigenvalue weighted by Gasteiger charge is -2.25. The molecular weight excluding hydrogens is 390 g/mol. The number of amides is 1. The second kappa shape index (κ2) is 9.00. The summed E-state index contributed by atoms with van der Waals surface area (Å²) in [5, 5.41) is 4.80.